The Morgan fingerprint density at radius 3 is 2.47 bits per heavy atom. The SMILES string of the molecule is Cc1ccc2[nH]c3nc(N/N=C/c4ccc(OCc5ccccc5)cc4)nnc3c2c1.O=S(=O)(O)O. The smallest absolute Gasteiger partial charge is 0.394 e. The van der Waals surface area contributed by atoms with Gasteiger partial charge in [-0.25, -0.2) is 5.43 Å². The highest BCUT2D eigenvalue weighted by Gasteiger charge is 2.08. The summed E-state index contributed by atoms with van der Waals surface area (Å²) >= 11 is 0. The molecule has 2 heterocycles. The summed E-state index contributed by atoms with van der Waals surface area (Å²) in [5, 5.41) is 13.7. The van der Waals surface area contributed by atoms with Gasteiger partial charge in [0.15, 0.2) is 5.65 Å². The molecule has 11 nitrogen and oxygen atoms in total. The van der Waals surface area contributed by atoms with Crippen LogP contribution in [0.2, 0.25) is 0 Å². The number of benzene rings is 3. The Bertz CT molecular complexity index is 1600. The van der Waals surface area contributed by atoms with Crippen LogP contribution in [0.1, 0.15) is 16.7 Å². The monoisotopic (exact) mass is 506 g/mol. The maximum Gasteiger partial charge on any atom is 0.394 e. The van der Waals surface area contributed by atoms with Gasteiger partial charge < -0.3 is 9.72 Å². The van der Waals surface area contributed by atoms with Gasteiger partial charge in [-0.1, -0.05) is 42.0 Å². The van der Waals surface area contributed by atoms with Crippen molar-refractivity contribution in [2.24, 2.45) is 5.10 Å². The molecule has 0 spiro atoms. The van der Waals surface area contributed by atoms with Crippen LogP contribution in [0.25, 0.3) is 22.1 Å². The minimum Gasteiger partial charge on any atom is -0.489 e. The Morgan fingerprint density at radius 1 is 1.03 bits per heavy atom. The second kappa shape index (κ2) is 10.9. The first kappa shape index (κ1) is 24.7. The van der Waals surface area contributed by atoms with Crippen LogP contribution in [-0.4, -0.2) is 43.9 Å². The fraction of sp³-hybridized carbons (Fsp3) is 0.0833. The van der Waals surface area contributed by atoms with E-state index in [2.05, 4.69) is 36.8 Å². The van der Waals surface area contributed by atoms with E-state index in [-0.39, 0.29) is 0 Å². The summed E-state index contributed by atoms with van der Waals surface area (Å²) < 4.78 is 37.4. The van der Waals surface area contributed by atoms with Gasteiger partial charge in [-0.2, -0.15) is 18.5 Å². The number of rotatable bonds is 6. The predicted octanol–water partition coefficient (Wildman–Crippen LogP) is 4.19. The number of nitrogens with one attached hydrogen (secondary N) is 2. The molecule has 0 bridgehead atoms. The summed E-state index contributed by atoms with van der Waals surface area (Å²) in [6.45, 7) is 2.59. The Hall–Kier alpha value is -4.39. The van der Waals surface area contributed by atoms with Crippen LogP contribution >= 0.6 is 0 Å². The Morgan fingerprint density at radius 2 is 1.75 bits per heavy atom. The van der Waals surface area contributed by atoms with Gasteiger partial charge >= 0.3 is 10.4 Å². The molecular formula is C24H22N6O5S. The first-order valence-electron chi connectivity index (χ1n) is 10.6. The van der Waals surface area contributed by atoms with Gasteiger partial charge in [0.1, 0.15) is 17.9 Å². The van der Waals surface area contributed by atoms with E-state index in [9.17, 15) is 0 Å². The molecule has 0 atom stereocenters. The number of aryl methyl sites for hydroxylation is 1. The van der Waals surface area contributed by atoms with Crippen LogP contribution in [0.15, 0.2) is 77.9 Å². The molecule has 0 fully saturated rings. The molecule has 36 heavy (non-hydrogen) atoms. The Balaban J connectivity index is 0.000000556. The summed E-state index contributed by atoms with van der Waals surface area (Å²) in [5.74, 6) is 1.14. The topological polar surface area (TPSA) is 163 Å². The van der Waals surface area contributed by atoms with E-state index in [1.807, 2.05) is 73.7 Å². The number of aromatic nitrogens is 4. The zero-order valence-corrected chi connectivity index (χ0v) is 19.8. The zero-order valence-electron chi connectivity index (χ0n) is 19.0. The normalized spacial score (nSPS) is 11.4. The van der Waals surface area contributed by atoms with Crippen molar-refractivity contribution in [2.45, 2.75) is 13.5 Å². The third-order valence-corrected chi connectivity index (χ3v) is 4.88. The van der Waals surface area contributed by atoms with Gasteiger partial charge in [0, 0.05) is 10.9 Å². The van der Waals surface area contributed by atoms with Gasteiger partial charge in [0.25, 0.3) is 5.95 Å². The lowest BCUT2D eigenvalue weighted by Gasteiger charge is -2.06. The molecule has 5 aromatic rings. The number of nitrogens with zero attached hydrogens (tertiary/aromatic N) is 4. The maximum atomic E-state index is 8.74. The quantitative estimate of drug-likeness (QED) is 0.150. The second-order valence-corrected chi connectivity index (χ2v) is 8.56. The summed E-state index contributed by atoms with van der Waals surface area (Å²) in [4.78, 5) is 7.73. The van der Waals surface area contributed by atoms with E-state index < -0.39 is 10.4 Å². The molecule has 12 heteroatoms. The number of H-pyrrole nitrogens is 1. The van der Waals surface area contributed by atoms with E-state index in [1.54, 1.807) is 6.21 Å². The second-order valence-electron chi connectivity index (χ2n) is 7.67. The zero-order chi connectivity index (χ0) is 25.5. The fourth-order valence-corrected chi connectivity index (χ4v) is 3.29. The largest absolute Gasteiger partial charge is 0.489 e. The number of aromatic amines is 1. The molecule has 0 aliphatic heterocycles. The molecule has 5 rings (SSSR count). The van der Waals surface area contributed by atoms with E-state index in [0.29, 0.717) is 18.2 Å². The van der Waals surface area contributed by atoms with Crippen LogP contribution < -0.4 is 10.2 Å². The van der Waals surface area contributed by atoms with Crippen molar-refractivity contribution in [3.8, 4) is 5.75 Å². The van der Waals surface area contributed by atoms with Crippen molar-refractivity contribution in [1.29, 1.82) is 0 Å². The lowest BCUT2D eigenvalue weighted by atomic mass is 10.2. The van der Waals surface area contributed by atoms with Crippen molar-refractivity contribution in [3.05, 3.63) is 89.5 Å². The van der Waals surface area contributed by atoms with Crippen molar-refractivity contribution in [1.82, 2.24) is 20.2 Å². The molecule has 0 saturated carbocycles. The van der Waals surface area contributed by atoms with Crippen molar-refractivity contribution in [3.63, 3.8) is 0 Å². The molecule has 0 amide bonds. The van der Waals surface area contributed by atoms with Gasteiger partial charge in [0.05, 0.1) is 6.21 Å². The van der Waals surface area contributed by atoms with Crippen molar-refractivity contribution >= 4 is 44.6 Å². The lowest BCUT2D eigenvalue weighted by Crippen LogP contribution is -1.99. The van der Waals surface area contributed by atoms with E-state index in [1.165, 1.54) is 5.56 Å². The highest BCUT2D eigenvalue weighted by atomic mass is 32.3. The molecule has 0 aliphatic rings. The molecule has 4 N–H and O–H groups in total. The van der Waals surface area contributed by atoms with Gasteiger partial charge in [-0.05, 0) is 54.4 Å². The standard InChI is InChI=1S/C24H20N6O.H2O4S/c1-16-7-12-21-20(13-16)22-23(26-21)27-24(30-28-22)29-25-14-17-8-10-19(11-9-17)31-15-18-5-3-2-4-6-18;1-5(2,3)4/h2-14H,15H2,1H3,(H2,26,27,29,30);(H2,1,2,3,4)/b25-14+;. The number of anilines is 1. The van der Waals surface area contributed by atoms with Gasteiger partial charge in [0.2, 0.25) is 0 Å². The van der Waals surface area contributed by atoms with Crippen LogP contribution in [0.5, 0.6) is 5.75 Å². The summed E-state index contributed by atoms with van der Waals surface area (Å²) in [7, 11) is -4.67. The molecule has 3 aromatic carbocycles. The summed E-state index contributed by atoms with van der Waals surface area (Å²) in [6, 6.07) is 23.9. The van der Waals surface area contributed by atoms with Gasteiger partial charge in [-0.3, -0.25) is 9.11 Å². The van der Waals surface area contributed by atoms with E-state index >= 15 is 0 Å². The van der Waals surface area contributed by atoms with Crippen molar-refractivity contribution < 1.29 is 22.3 Å². The molecule has 0 unspecified atom stereocenters. The summed E-state index contributed by atoms with van der Waals surface area (Å²) in [6.07, 6.45) is 1.70. The third kappa shape index (κ3) is 7.06. The van der Waals surface area contributed by atoms with Crippen LogP contribution in [0.3, 0.4) is 0 Å². The molecule has 0 aliphatic carbocycles. The number of fused-ring (bicyclic) bond motifs is 3. The first-order valence-corrected chi connectivity index (χ1v) is 12.0. The maximum absolute atomic E-state index is 8.74. The highest BCUT2D eigenvalue weighted by molar-refractivity contribution is 7.79. The average Bonchev–Trinajstić information content (AvgIpc) is 3.20. The fourth-order valence-electron chi connectivity index (χ4n) is 3.29. The highest BCUT2D eigenvalue weighted by Crippen LogP contribution is 2.23. The number of hydrogen-bond donors (Lipinski definition) is 4. The van der Waals surface area contributed by atoms with Crippen LogP contribution in [-0.2, 0) is 17.0 Å². The first-order chi connectivity index (χ1) is 17.2. The Labute approximate surface area is 206 Å². The van der Waals surface area contributed by atoms with Crippen LogP contribution in [0.4, 0.5) is 5.95 Å². The number of hydrogen-bond acceptors (Lipinski definition) is 8. The number of ether oxygens (including phenoxy) is 1. The minimum atomic E-state index is -4.67. The minimum absolute atomic E-state index is 0.329. The van der Waals surface area contributed by atoms with Gasteiger partial charge in [-0.15, -0.1) is 10.2 Å². The van der Waals surface area contributed by atoms with Crippen LogP contribution in [0, 0.1) is 6.92 Å². The number of hydrazone groups is 1. The molecule has 0 saturated heterocycles. The van der Waals surface area contributed by atoms with E-state index in [4.69, 9.17) is 22.3 Å². The average molecular weight is 507 g/mol. The van der Waals surface area contributed by atoms with Crippen molar-refractivity contribution in [2.75, 3.05) is 5.43 Å². The molecular weight excluding hydrogens is 484 g/mol. The molecule has 0 radical (unpaired) electrons. The Kier molecular flexibility index (Phi) is 7.49. The lowest BCUT2D eigenvalue weighted by molar-refractivity contribution is 0.306. The molecule has 184 valence electrons. The predicted molar refractivity (Wildman–Crippen MR) is 137 cm³/mol. The van der Waals surface area contributed by atoms with E-state index in [0.717, 1.165) is 33.3 Å². The third-order valence-electron chi connectivity index (χ3n) is 4.88. The molecule has 2 aromatic heterocycles. The summed E-state index contributed by atoms with van der Waals surface area (Å²) in [5.41, 5.74) is 8.47.